The lowest BCUT2D eigenvalue weighted by atomic mass is 10.0. The first-order valence-electron chi connectivity index (χ1n) is 16.3. The van der Waals surface area contributed by atoms with Crippen LogP contribution in [0.5, 0.6) is 0 Å². The molecule has 0 aliphatic carbocycles. The summed E-state index contributed by atoms with van der Waals surface area (Å²) in [5, 5.41) is 0. The summed E-state index contributed by atoms with van der Waals surface area (Å²) in [6.07, 6.45) is 26.0. The minimum Gasteiger partial charge on any atom is -0.0654 e. The summed E-state index contributed by atoms with van der Waals surface area (Å²) in [4.78, 5) is 0. The average Bonchev–Trinajstić information content (AvgIpc) is 2.94. The van der Waals surface area contributed by atoms with Crippen LogP contribution in [-0.2, 0) is 25.7 Å². The van der Waals surface area contributed by atoms with E-state index in [1.165, 1.54) is 169 Å². The highest BCUT2D eigenvalue weighted by molar-refractivity contribution is 9.11. The Bertz CT molecular complexity index is 770. The molecule has 0 fully saturated rings. The summed E-state index contributed by atoms with van der Waals surface area (Å²) in [7, 11) is 0. The van der Waals surface area contributed by atoms with Gasteiger partial charge in [0.05, 0.1) is 0 Å². The van der Waals surface area contributed by atoms with E-state index in [9.17, 15) is 0 Å². The van der Waals surface area contributed by atoms with Crippen LogP contribution in [-0.4, -0.2) is 0 Å². The predicted octanol–water partition coefficient (Wildman–Crippen LogP) is 14.9. The molecule has 2 aromatic rings. The molecule has 0 bridgehead atoms. The first-order chi connectivity index (χ1) is 19.4. The first kappa shape index (κ1) is 38.4. The van der Waals surface area contributed by atoms with Gasteiger partial charge in [-0.05, 0) is 97.9 Å². The summed E-state index contributed by atoms with van der Waals surface area (Å²) >= 11 is 15.0. The van der Waals surface area contributed by atoms with Gasteiger partial charge < -0.3 is 0 Å². The Morgan fingerprint density at radius 1 is 0.325 bits per heavy atom. The second-order valence-corrected chi connectivity index (χ2v) is 14.7. The molecule has 0 N–H and O–H groups in total. The maximum absolute atomic E-state index is 3.75. The molecule has 0 spiro atoms. The standard InChI is InChI=1S/2C18H28Br2/c2*1-3-5-7-9-11-15-13-18(20)16(14-17(15)19)12-10-8-6-4-2/h2*13-14H,3-12H2,1-2H3. The Labute approximate surface area is 282 Å². The maximum Gasteiger partial charge on any atom is 0.0210 e. The summed E-state index contributed by atoms with van der Waals surface area (Å²) < 4.78 is 5.18. The predicted molar refractivity (Wildman–Crippen MR) is 195 cm³/mol. The van der Waals surface area contributed by atoms with Gasteiger partial charge in [-0.15, -0.1) is 0 Å². The van der Waals surface area contributed by atoms with Crippen molar-refractivity contribution in [2.75, 3.05) is 0 Å². The molecular weight excluding hydrogens is 752 g/mol. The minimum atomic E-state index is 1.19. The van der Waals surface area contributed by atoms with Gasteiger partial charge in [0.1, 0.15) is 0 Å². The summed E-state index contributed by atoms with van der Waals surface area (Å²) in [5.74, 6) is 0. The fourth-order valence-corrected chi connectivity index (χ4v) is 7.35. The third-order valence-electron chi connectivity index (χ3n) is 7.63. The van der Waals surface area contributed by atoms with Crippen molar-refractivity contribution in [2.45, 2.75) is 156 Å². The van der Waals surface area contributed by atoms with E-state index >= 15 is 0 Å². The lowest BCUT2D eigenvalue weighted by Crippen LogP contribution is -1.93. The van der Waals surface area contributed by atoms with Crippen molar-refractivity contribution >= 4 is 63.7 Å². The number of halogens is 4. The smallest absolute Gasteiger partial charge is 0.0210 e. The van der Waals surface area contributed by atoms with E-state index in [-0.39, 0.29) is 0 Å². The van der Waals surface area contributed by atoms with Gasteiger partial charge in [-0.1, -0.05) is 168 Å². The molecule has 0 aromatic heterocycles. The van der Waals surface area contributed by atoms with E-state index < -0.39 is 0 Å². The van der Waals surface area contributed by atoms with Crippen LogP contribution in [0.15, 0.2) is 42.2 Å². The van der Waals surface area contributed by atoms with Crippen LogP contribution in [0.25, 0.3) is 0 Å². The van der Waals surface area contributed by atoms with Crippen molar-refractivity contribution < 1.29 is 0 Å². The average molecular weight is 808 g/mol. The Balaban J connectivity index is 0.000000400. The van der Waals surface area contributed by atoms with Crippen LogP contribution >= 0.6 is 63.7 Å². The summed E-state index contributed by atoms with van der Waals surface area (Å²) in [6.45, 7) is 9.05. The summed E-state index contributed by atoms with van der Waals surface area (Å²) in [6, 6.07) is 9.30. The van der Waals surface area contributed by atoms with Crippen molar-refractivity contribution in [1.29, 1.82) is 0 Å². The zero-order chi connectivity index (χ0) is 29.6. The van der Waals surface area contributed by atoms with Crippen LogP contribution in [0.1, 0.15) is 153 Å². The molecule has 2 aromatic carbocycles. The number of rotatable bonds is 20. The van der Waals surface area contributed by atoms with Crippen molar-refractivity contribution in [3.05, 3.63) is 64.4 Å². The van der Waals surface area contributed by atoms with Gasteiger partial charge in [0.2, 0.25) is 0 Å². The topological polar surface area (TPSA) is 0 Å². The molecule has 0 aliphatic rings. The number of hydrogen-bond donors (Lipinski definition) is 0. The van der Waals surface area contributed by atoms with Gasteiger partial charge in [-0.3, -0.25) is 0 Å². The van der Waals surface area contributed by atoms with Gasteiger partial charge in [-0.2, -0.15) is 0 Å². The van der Waals surface area contributed by atoms with Crippen LogP contribution in [0.2, 0.25) is 0 Å². The molecule has 0 radical (unpaired) electrons. The molecule has 2 rings (SSSR count). The number of benzene rings is 2. The van der Waals surface area contributed by atoms with Crippen molar-refractivity contribution in [1.82, 2.24) is 0 Å². The van der Waals surface area contributed by atoms with E-state index in [0.29, 0.717) is 0 Å². The first-order valence-corrected chi connectivity index (χ1v) is 19.5. The van der Waals surface area contributed by atoms with E-state index in [0.717, 1.165) is 0 Å². The van der Waals surface area contributed by atoms with Gasteiger partial charge >= 0.3 is 0 Å². The number of unbranched alkanes of at least 4 members (excludes halogenated alkanes) is 12. The zero-order valence-corrected chi connectivity index (χ0v) is 32.3. The van der Waals surface area contributed by atoms with Crippen LogP contribution < -0.4 is 0 Å². The second-order valence-electron chi connectivity index (χ2n) is 11.3. The number of hydrogen-bond acceptors (Lipinski definition) is 0. The van der Waals surface area contributed by atoms with Gasteiger partial charge in [0, 0.05) is 17.9 Å². The third kappa shape index (κ3) is 16.9. The van der Waals surface area contributed by atoms with Gasteiger partial charge in [-0.25, -0.2) is 0 Å². The monoisotopic (exact) mass is 804 g/mol. The number of aryl methyl sites for hydroxylation is 4. The normalized spacial score (nSPS) is 11.0. The molecule has 0 nitrogen and oxygen atoms in total. The molecule has 0 heterocycles. The van der Waals surface area contributed by atoms with Gasteiger partial charge in [0.15, 0.2) is 0 Å². The minimum absolute atomic E-state index is 1.19. The van der Waals surface area contributed by atoms with Crippen molar-refractivity contribution in [3.8, 4) is 0 Å². The molecular formula is C36H56Br4. The van der Waals surface area contributed by atoms with Crippen LogP contribution in [0.4, 0.5) is 0 Å². The van der Waals surface area contributed by atoms with Crippen molar-refractivity contribution in [3.63, 3.8) is 0 Å². The fraction of sp³-hybridized carbons (Fsp3) is 0.667. The Kier molecular flexibility index (Phi) is 23.8. The molecule has 0 unspecified atom stereocenters. The molecule has 0 amide bonds. The highest BCUT2D eigenvalue weighted by atomic mass is 79.9. The SMILES string of the molecule is CCCCCCc1cc(Br)c(CCCCCC)cc1Br.CCCCCCc1cc(Br)c(CCCCCC)cc1Br. The quantitative estimate of drug-likeness (QED) is 0.117. The van der Waals surface area contributed by atoms with Crippen molar-refractivity contribution in [2.24, 2.45) is 0 Å². The Morgan fingerprint density at radius 3 is 0.700 bits per heavy atom. The van der Waals surface area contributed by atoms with Crippen LogP contribution in [0.3, 0.4) is 0 Å². The van der Waals surface area contributed by atoms with Crippen LogP contribution in [0, 0.1) is 0 Å². The van der Waals surface area contributed by atoms with Gasteiger partial charge in [0.25, 0.3) is 0 Å². The van der Waals surface area contributed by atoms with E-state index in [2.05, 4.69) is 116 Å². The second kappa shape index (κ2) is 24.8. The highest BCUT2D eigenvalue weighted by Crippen LogP contribution is 2.30. The molecule has 0 saturated heterocycles. The molecule has 0 atom stereocenters. The van der Waals surface area contributed by atoms with E-state index in [4.69, 9.17) is 0 Å². The summed E-state index contributed by atoms with van der Waals surface area (Å²) in [5.41, 5.74) is 5.80. The Morgan fingerprint density at radius 2 is 0.525 bits per heavy atom. The lowest BCUT2D eigenvalue weighted by molar-refractivity contribution is 0.662. The zero-order valence-electron chi connectivity index (χ0n) is 26.0. The Hall–Kier alpha value is 0.360. The molecule has 0 saturated carbocycles. The molecule has 40 heavy (non-hydrogen) atoms. The highest BCUT2D eigenvalue weighted by Gasteiger charge is 2.08. The maximum atomic E-state index is 3.75. The largest absolute Gasteiger partial charge is 0.0654 e. The van der Waals surface area contributed by atoms with E-state index in [1.807, 2.05) is 0 Å². The third-order valence-corrected chi connectivity index (χ3v) is 10.6. The molecule has 4 heteroatoms. The molecule has 0 aliphatic heterocycles. The molecule has 228 valence electrons. The lowest BCUT2D eigenvalue weighted by Gasteiger charge is -2.10. The van der Waals surface area contributed by atoms with E-state index in [1.54, 1.807) is 0 Å². The fourth-order valence-electron chi connectivity index (χ4n) is 4.99.